The quantitative estimate of drug-likeness (QED) is 0.733. The molecule has 0 fully saturated rings. The van der Waals surface area contributed by atoms with Crippen LogP contribution in [-0.4, -0.2) is 27.2 Å². The minimum atomic E-state index is -4.59. The molecule has 1 aromatic carbocycles. The number of alkyl halides is 3. The summed E-state index contributed by atoms with van der Waals surface area (Å²) in [5.41, 5.74) is -0.305. The number of amides is 1. The van der Waals surface area contributed by atoms with E-state index >= 15 is 0 Å². The summed E-state index contributed by atoms with van der Waals surface area (Å²) in [5, 5.41) is 9.77. The number of aromatic amines is 1. The number of H-pyrrole nitrogens is 1. The van der Waals surface area contributed by atoms with E-state index in [0.717, 1.165) is 6.07 Å². The zero-order valence-electron chi connectivity index (χ0n) is 13.9. The van der Waals surface area contributed by atoms with E-state index in [2.05, 4.69) is 20.5 Å². The number of pyridine rings is 1. The number of benzene rings is 1. The highest BCUT2D eigenvalue weighted by atomic mass is 19.4. The van der Waals surface area contributed by atoms with Gasteiger partial charge in [-0.3, -0.25) is 9.89 Å². The van der Waals surface area contributed by atoms with E-state index < -0.39 is 17.8 Å². The summed E-state index contributed by atoms with van der Waals surface area (Å²) in [6.07, 6.45) is -3.19. The maximum absolute atomic E-state index is 12.8. The number of nitrogens with zero attached hydrogens (tertiary/aromatic N) is 2. The largest absolute Gasteiger partial charge is 0.490 e. The van der Waals surface area contributed by atoms with Crippen molar-refractivity contribution in [3.05, 3.63) is 47.8 Å². The molecule has 3 aromatic rings. The molecule has 2 aromatic heterocycles. The molecule has 2 N–H and O–H groups in total. The molecule has 0 saturated heterocycles. The summed E-state index contributed by atoms with van der Waals surface area (Å²) >= 11 is 0. The monoisotopic (exact) mass is 364 g/mol. The molecule has 1 amide bonds. The normalized spacial score (nSPS) is 11.8. The van der Waals surface area contributed by atoms with Gasteiger partial charge in [-0.2, -0.15) is 18.3 Å². The predicted molar refractivity (Wildman–Crippen MR) is 89.0 cm³/mol. The Hall–Kier alpha value is -3.10. The van der Waals surface area contributed by atoms with Crippen molar-refractivity contribution in [1.82, 2.24) is 15.2 Å². The number of carbonyl (C=O) groups is 1. The van der Waals surface area contributed by atoms with E-state index in [1.807, 2.05) is 0 Å². The van der Waals surface area contributed by atoms with E-state index in [0.29, 0.717) is 10.9 Å². The van der Waals surface area contributed by atoms with Crippen LogP contribution in [0.1, 0.15) is 29.9 Å². The number of anilines is 1. The Kier molecular flexibility index (Phi) is 4.54. The molecule has 0 unspecified atom stereocenters. The third-order valence-corrected chi connectivity index (χ3v) is 3.42. The number of halogens is 3. The summed E-state index contributed by atoms with van der Waals surface area (Å²) in [6, 6.07) is 6.45. The summed E-state index contributed by atoms with van der Waals surface area (Å²) < 4.78 is 44.0. The lowest BCUT2D eigenvalue weighted by molar-refractivity contribution is -0.141. The first-order valence-corrected chi connectivity index (χ1v) is 7.74. The molecule has 0 aliphatic heterocycles. The van der Waals surface area contributed by atoms with Crippen molar-refractivity contribution in [1.29, 1.82) is 0 Å². The fourth-order valence-corrected chi connectivity index (χ4v) is 2.34. The van der Waals surface area contributed by atoms with Gasteiger partial charge in [0.1, 0.15) is 17.3 Å². The molecule has 2 heterocycles. The smallest absolute Gasteiger partial charge is 0.433 e. The van der Waals surface area contributed by atoms with Gasteiger partial charge in [0.05, 0.1) is 17.2 Å². The summed E-state index contributed by atoms with van der Waals surface area (Å²) in [4.78, 5) is 16.0. The Balaban J connectivity index is 1.94. The van der Waals surface area contributed by atoms with E-state index in [4.69, 9.17) is 4.74 Å². The lowest BCUT2D eigenvalue weighted by atomic mass is 10.1. The molecule has 0 spiro atoms. The summed E-state index contributed by atoms with van der Waals surface area (Å²) in [7, 11) is 0. The lowest BCUT2D eigenvalue weighted by Crippen LogP contribution is -2.17. The number of hydrogen-bond donors (Lipinski definition) is 2. The van der Waals surface area contributed by atoms with Crippen LogP contribution in [0.5, 0.6) is 5.75 Å². The van der Waals surface area contributed by atoms with Crippen LogP contribution >= 0.6 is 0 Å². The average Bonchev–Trinajstić information content (AvgIpc) is 3.00. The Morgan fingerprint density at radius 3 is 2.73 bits per heavy atom. The molecular weight excluding hydrogens is 349 g/mol. The first kappa shape index (κ1) is 17.7. The molecule has 0 aliphatic carbocycles. The second kappa shape index (κ2) is 6.66. The molecule has 0 saturated carbocycles. The maximum atomic E-state index is 12.8. The molecule has 136 valence electrons. The fraction of sp³-hybridized carbons (Fsp3) is 0.235. The van der Waals surface area contributed by atoms with Crippen LogP contribution in [0.4, 0.5) is 19.0 Å². The predicted octanol–water partition coefficient (Wildman–Crippen LogP) is 4.02. The number of hydrogen-bond acceptors (Lipinski definition) is 4. The van der Waals surface area contributed by atoms with E-state index in [-0.39, 0.29) is 23.2 Å². The van der Waals surface area contributed by atoms with E-state index in [1.165, 1.54) is 12.1 Å². The van der Waals surface area contributed by atoms with Crippen molar-refractivity contribution in [3.63, 3.8) is 0 Å². The second-order valence-electron chi connectivity index (χ2n) is 5.82. The van der Waals surface area contributed by atoms with Crippen molar-refractivity contribution in [2.45, 2.75) is 26.1 Å². The van der Waals surface area contributed by atoms with Crippen molar-refractivity contribution >= 4 is 22.6 Å². The maximum Gasteiger partial charge on any atom is 0.433 e. The Labute approximate surface area is 146 Å². The molecule has 9 heteroatoms. The Bertz CT molecular complexity index is 951. The Morgan fingerprint density at radius 1 is 1.27 bits per heavy atom. The lowest BCUT2D eigenvalue weighted by Gasteiger charge is -2.14. The zero-order valence-corrected chi connectivity index (χ0v) is 13.9. The molecule has 0 radical (unpaired) electrons. The third-order valence-electron chi connectivity index (χ3n) is 3.42. The second-order valence-corrected chi connectivity index (χ2v) is 5.82. The van der Waals surface area contributed by atoms with Crippen molar-refractivity contribution < 1.29 is 22.7 Å². The minimum absolute atomic E-state index is 0.173. The van der Waals surface area contributed by atoms with Crippen LogP contribution in [0.2, 0.25) is 0 Å². The highest BCUT2D eigenvalue weighted by molar-refractivity contribution is 6.08. The number of nitrogens with one attached hydrogen (secondary N) is 2. The van der Waals surface area contributed by atoms with Crippen LogP contribution in [0.25, 0.3) is 10.9 Å². The highest BCUT2D eigenvalue weighted by Crippen LogP contribution is 2.29. The van der Waals surface area contributed by atoms with Crippen molar-refractivity contribution in [2.24, 2.45) is 0 Å². The van der Waals surface area contributed by atoms with Crippen LogP contribution in [0.15, 0.2) is 36.5 Å². The van der Waals surface area contributed by atoms with Gasteiger partial charge < -0.3 is 10.1 Å². The minimum Gasteiger partial charge on any atom is -0.490 e. The van der Waals surface area contributed by atoms with Gasteiger partial charge in [0.25, 0.3) is 5.91 Å². The SMILES string of the molecule is CC(C)Oc1cc2n[nH]cc2cc1C(=O)Nc1cccc(C(F)(F)F)n1. The van der Waals surface area contributed by atoms with E-state index in [9.17, 15) is 18.0 Å². The standard InChI is InChI=1S/C17H15F3N4O2/c1-9(2)26-13-7-12-10(8-21-24-12)6-11(13)16(25)23-15-5-3-4-14(22-15)17(18,19)20/h3-9H,1-2H3,(H,21,24)(H,22,23,25). The number of rotatable bonds is 4. The van der Waals surface area contributed by atoms with Crippen LogP contribution in [0, 0.1) is 0 Å². The number of aromatic nitrogens is 3. The fourth-order valence-electron chi connectivity index (χ4n) is 2.34. The molecule has 3 rings (SSSR count). The molecule has 26 heavy (non-hydrogen) atoms. The van der Waals surface area contributed by atoms with Crippen molar-refractivity contribution in [3.8, 4) is 5.75 Å². The van der Waals surface area contributed by atoms with Gasteiger partial charge in [-0.25, -0.2) is 4.98 Å². The van der Waals surface area contributed by atoms with Gasteiger partial charge in [-0.1, -0.05) is 6.07 Å². The molecule has 0 bridgehead atoms. The highest BCUT2D eigenvalue weighted by Gasteiger charge is 2.32. The summed E-state index contributed by atoms with van der Waals surface area (Å²) in [6.45, 7) is 3.59. The van der Waals surface area contributed by atoms with Gasteiger partial charge >= 0.3 is 6.18 Å². The van der Waals surface area contributed by atoms with Gasteiger partial charge in [-0.05, 0) is 32.0 Å². The molecule has 0 aliphatic rings. The van der Waals surface area contributed by atoms with Gasteiger partial charge in [-0.15, -0.1) is 0 Å². The molecular formula is C17H15F3N4O2. The molecule has 6 nitrogen and oxygen atoms in total. The van der Waals surface area contributed by atoms with Gasteiger partial charge in [0.2, 0.25) is 0 Å². The average molecular weight is 364 g/mol. The topological polar surface area (TPSA) is 79.9 Å². The van der Waals surface area contributed by atoms with Crippen LogP contribution in [0.3, 0.4) is 0 Å². The number of ether oxygens (including phenoxy) is 1. The molecule has 0 atom stereocenters. The number of carbonyl (C=O) groups excluding carboxylic acids is 1. The Morgan fingerprint density at radius 2 is 2.04 bits per heavy atom. The summed E-state index contributed by atoms with van der Waals surface area (Å²) in [5.74, 6) is -0.549. The first-order valence-electron chi connectivity index (χ1n) is 7.74. The zero-order chi connectivity index (χ0) is 18.9. The number of fused-ring (bicyclic) bond motifs is 1. The van der Waals surface area contributed by atoms with E-state index in [1.54, 1.807) is 32.2 Å². The first-order chi connectivity index (χ1) is 12.2. The van der Waals surface area contributed by atoms with Crippen LogP contribution < -0.4 is 10.1 Å². The van der Waals surface area contributed by atoms with Crippen LogP contribution in [-0.2, 0) is 6.18 Å². The van der Waals surface area contributed by atoms with Gasteiger partial charge in [0, 0.05) is 17.6 Å². The van der Waals surface area contributed by atoms with Crippen molar-refractivity contribution in [2.75, 3.05) is 5.32 Å². The third kappa shape index (κ3) is 3.76. The van der Waals surface area contributed by atoms with Gasteiger partial charge in [0.15, 0.2) is 0 Å².